The highest BCUT2D eigenvalue weighted by atomic mass is 32.2. The van der Waals surface area contributed by atoms with Gasteiger partial charge >= 0.3 is 5.97 Å². The first-order valence-electron chi connectivity index (χ1n) is 4.30. The van der Waals surface area contributed by atoms with Crippen LogP contribution in [0.3, 0.4) is 0 Å². The summed E-state index contributed by atoms with van der Waals surface area (Å²) < 4.78 is 6.37. The third-order valence-corrected chi connectivity index (χ3v) is 2.75. The normalized spacial score (nSPS) is 10.5. The molecule has 0 amide bonds. The first kappa shape index (κ1) is 9.97. The van der Waals surface area contributed by atoms with Gasteiger partial charge in [-0.05, 0) is 12.1 Å². The van der Waals surface area contributed by atoms with Crippen LogP contribution in [0.15, 0.2) is 29.6 Å². The summed E-state index contributed by atoms with van der Waals surface area (Å²) in [5.41, 5.74) is 0.768. The Labute approximate surface area is 90.5 Å². The zero-order valence-electron chi connectivity index (χ0n) is 8.08. The average molecular weight is 223 g/mol. The number of fused-ring (bicyclic) bond motifs is 1. The minimum atomic E-state index is -0.271. The molecule has 0 spiro atoms. The van der Waals surface area contributed by atoms with Crippen LogP contribution in [-0.2, 0) is 9.53 Å². The molecule has 0 atom stereocenters. The predicted octanol–water partition coefficient (Wildman–Crippen LogP) is 0.994. The molecule has 0 unspecified atom stereocenters. The minimum Gasteiger partial charge on any atom is -0.468 e. The van der Waals surface area contributed by atoms with E-state index in [1.165, 1.54) is 18.9 Å². The molecule has 0 aliphatic carbocycles. The van der Waals surface area contributed by atoms with Crippen LogP contribution >= 0.6 is 11.8 Å². The number of pyridine rings is 1. The molecule has 0 aliphatic rings. The van der Waals surface area contributed by atoms with Crippen molar-refractivity contribution < 1.29 is 9.53 Å². The average Bonchev–Trinajstić information content (AvgIpc) is 2.69. The molecule has 0 aromatic carbocycles. The first-order chi connectivity index (χ1) is 7.31. The standard InChI is InChI=1S/C9H9N3O2S/c1-14-8(13)6-15-9-11-10-7-4-2-3-5-12(7)9/h2-5H,6H2,1H3. The van der Waals surface area contributed by atoms with Gasteiger partial charge in [-0.15, -0.1) is 10.2 Å². The minimum absolute atomic E-state index is 0.242. The SMILES string of the molecule is COC(=O)CSc1nnc2ccccn12. The zero-order chi connectivity index (χ0) is 10.7. The van der Waals surface area contributed by atoms with E-state index in [1.54, 1.807) is 0 Å². The van der Waals surface area contributed by atoms with Crippen molar-refractivity contribution in [3.8, 4) is 0 Å². The number of nitrogens with zero attached hydrogens (tertiary/aromatic N) is 3. The molecule has 0 aliphatic heterocycles. The van der Waals surface area contributed by atoms with Crippen LogP contribution in [0.5, 0.6) is 0 Å². The van der Waals surface area contributed by atoms with Gasteiger partial charge in [0.15, 0.2) is 10.8 Å². The Hall–Kier alpha value is -1.56. The molecule has 0 bridgehead atoms. The van der Waals surface area contributed by atoms with Crippen molar-refractivity contribution in [3.63, 3.8) is 0 Å². The van der Waals surface area contributed by atoms with Crippen LogP contribution in [0.1, 0.15) is 0 Å². The molecule has 5 nitrogen and oxygen atoms in total. The van der Waals surface area contributed by atoms with Gasteiger partial charge in [-0.25, -0.2) is 0 Å². The number of aromatic nitrogens is 3. The van der Waals surface area contributed by atoms with Crippen molar-refractivity contribution in [1.82, 2.24) is 14.6 Å². The van der Waals surface area contributed by atoms with Gasteiger partial charge in [-0.2, -0.15) is 0 Å². The summed E-state index contributed by atoms with van der Waals surface area (Å²) in [6, 6.07) is 5.63. The quantitative estimate of drug-likeness (QED) is 0.574. The molecule has 2 rings (SSSR count). The van der Waals surface area contributed by atoms with Crippen LogP contribution in [0.25, 0.3) is 5.65 Å². The van der Waals surface area contributed by atoms with E-state index in [-0.39, 0.29) is 11.7 Å². The summed E-state index contributed by atoms with van der Waals surface area (Å²) in [6.07, 6.45) is 1.86. The second-order valence-corrected chi connectivity index (χ2v) is 3.72. The van der Waals surface area contributed by atoms with Gasteiger partial charge in [0, 0.05) is 6.20 Å². The lowest BCUT2D eigenvalue weighted by Crippen LogP contribution is -2.03. The molecule has 0 radical (unpaired) electrons. The molecule has 2 heterocycles. The summed E-state index contributed by atoms with van der Waals surface area (Å²) in [5.74, 6) is -0.0284. The lowest BCUT2D eigenvalue weighted by Gasteiger charge is -1.98. The third kappa shape index (κ3) is 2.10. The summed E-state index contributed by atoms with van der Waals surface area (Å²) in [7, 11) is 1.37. The number of rotatable bonds is 3. The number of thioether (sulfide) groups is 1. The van der Waals surface area contributed by atoms with E-state index in [1.807, 2.05) is 28.8 Å². The Balaban J connectivity index is 2.18. The second kappa shape index (κ2) is 4.31. The van der Waals surface area contributed by atoms with Crippen molar-refractivity contribution in [3.05, 3.63) is 24.4 Å². The van der Waals surface area contributed by atoms with Crippen LogP contribution < -0.4 is 0 Å². The molecule has 0 N–H and O–H groups in total. The molecule has 78 valence electrons. The van der Waals surface area contributed by atoms with Crippen molar-refractivity contribution >= 4 is 23.4 Å². The topological polar surface area (TPSA) is 56.5 Å². The number of carbonyl (C=O) groups excluding carboxylic acids is 1. The number of hydrogen-bond donors (Lipinski definition) is 0. The molecule has 6 heteroatoms. The van der Waals surface area contributed by atoms with Crippen LogP contribution in [0.4, 0.5) is 0 Å². The third-order valence-electron chi connectivity index (χ3n) is 1.83. The second-order valence-electron chi connectivity index (χ2n) is 2.78. The lowest BCUT2D eigenvalue weighted by molar-refractivity contribution is -0.137. The Morgan fingerprint density at radius 3 is 3.20 bits per heavy atom. The van der Waals surface area contributed by atoms with Crippen LogP contribution in [0.2, 0.25) is 0 Å². The van der Waals surface area contributed by atoms with Crippen molar-refractivity contribution in [2.45, 2.75) is 5.16 Å². The largest absolute Gasteiger partial charge is 0.468 e. The Bertz CT molecular complexity index is 483. The Kier molecular flexibility index (Phi) is 2.86. The number of ether oxygens (including phenoxy) is 1. The summed E-state index contributed by atoms with van der Waals surface area (Å²) in [4.78, 5) is 10.9. The van der Waals surface area contributed by atoms with Gasteiger partial charge in [0.1, 0.15) is 0 Å². The molecule has 2 aromatic rings. The molecular weight excluding hydrogens is 214 g/mol. The highest BCUT2D eigenvalue weighted by molar-refractivity contribution is 7.99. The van der Waals surface area contributed by atoms with Crippen molar-refractivity contribution in [2.75, 3.05) is 12.9 Å². The van der Waals surface area contributed by atoms with E-state index in [9.17, 15) is 4.79 Å². The predicted molar refractivity (Wildman–Crippen MR) is 55.7 cm³/mol. The lowest BCUT2D eigenvalue weighted by atomic mass is 10.5. The zero-order valence-corrected chi connectivity index (χ0v) is 8.90. The van der Waals surface area contributed by atoms with E-state index < -0.39 is 0 Å². The van der Waals surface area contributed by atoms with Gasteiger partial charge in [-0.3, -0.25) is 9.20 Å². The molecule has 0 fully saturated rings. The highest BCUT2D eigenvalue weighted by Crippen LogP contribution is 2.16. The van der Waals surface area contributed by atoms with E-state index in [4.69, 9.17) is 0 Å². The molecule has 0 saturated heterocycles. The van der Waals surface area contributed by atoms with E-state index in [0.29, 0.717) is 5.16 Å². The van der Waals surface area contributed by atoms with Gasteiger partial charge < -0.3 is 4.74 Å². The van der Waals surface area contributed by atoms with Crippen molar-refractivity contribution in [1.29, 1.82) is 0 Å². The Morgan fingerprint density at radius 2 is 2.40 bits per heavy atom. The fourth-order valence-electron chi connectivity index (χ4n) is 1.10. The maximum absolute atomic E-state index is 10.9. The number of carbonyl (C=O) groups is 1. The number of methoxy groups -OCH3 is 1. The van der Waals surface area contributed by atoms with Gasteiger partial charge in [0.05, 0.1) is 12.9 Å². The van der Waals surface area contributed by atoms with E-state index in [0.717, 1.165) is 5.65 Å². The smallest absolute Gasteiger partial charge is 0.316 e. The van der Waals surface area contributed by atoms with E-state index in [2.05, 4.69) is 14.9 Å². The highest BCUT2D eigenvalue weighted by Gasteiger charge is 2.07. The summed E-state index contributed by atoms with van der Waals surface area (Å²) in [5, 5.41) is 8.62. The van der Waals surface area contributed by atoms with Gasteiger partial charge in [0.25, 0.3) is 0 Å². The maximum atomic E-state index is 10.9. The van der Waals surface area contributed by atoms with Crippen LogP contribution in [0, 0.1) is 0 Å². The van der Waals surface area contributed by atoms with Gasteiger partial charge in [0.2, 0.25) is 0 Å². The molecule has 15 heavy (non-hydrogen) atoms. The summed E-state index contributed by atoms with van der Waals surface area (Å²) in [6.45, 7) is 0. The van der Waals surface area contributed by atoms with E-state index >= 15 is 0 Å². The fourth-order valence-corrected chi connectivity index (χ4v) is 1.86. The number of hydrogen-bond acceptors (Lipinski definition) is 5. The van der Waals surface area contributed by atoms with Crippen LogP contribution in [-0.4, -0.2) is 33.4 Å². The molecular formula is C9H9N3O2S. The fraction of sp³-hybridized carbons (Fsp3) is 0.222. The van der Waals surface area contributed by atoms with Gasteiger partial charge in [-0.1, -0.05) is 17.8 Å². The molecule has 0 saturated carbocycles. The monoisotopic (exact) mass is 223 g/mol. The Morgan fingerprint density at radius 1 is 1.53 bits per heavy atom. The summed E-state index contributed by atoms with van der Waals surface area (Å²) >= 11 is 1.30. The van der Waals surface area contributed by atoms with Crippen molar-refractivity contribution in [2.24, 2.45) is 0 Å². The molecule has 2 aromatic heterocycles. The first-order valence-corrected chi connectivity index (χ1v) is 5.29. The number of esters is 1. The maximum Gasteiger partial charge on any atom is 0.316 e.